The van der Waals surface area contributed by atoms with Crippen LogP contribution in [0, 0.1) is 13.8 Å². The average molecular weight is 289 g/mol. The van der Waals surface area contributed by atoms with Crippen LogP contribution in [0.15, 0.2) is 18.2 Å². The van der Waals surface area contributed by atoms with Gasteiger partial charge in [-0.2, -0.15) is 0 Å². The maximum Gasteiger partial charge on any atom is 0.317 e. The van der Waals surface area contributed by atoms with Crippen LogP contribution in [0.5, 0.6) is 0 Å². The second kappa shape index (κ2) is 7.46. The molecule has 0 saturated carbocycles. The highest BCUT2D eigenvalue weighted by molar-refractivity contribution is 5.74. The lowest BCUT2D eigenvalue weighted by Gasteiger charge is -2.34. The van der Waals surface area contributed by atoms with E-state index in [1.54, 1.807) is 0 Å². The Morgan fingerprint density at radius 3 is 2.48 bits per heavy atom. The molecular formula is C17H27N3O. The quantitative estimate of drug-likeness (QED) is 0.924. The van der Waals surface area contributed by atoms with E-state index in [0.29, 0.717) is 0 Å². The van der Waals surface area contributed by atoms with Gasteiger partial charge in [0.2, 0.25) is 0 Å². The minimum atomic E-state index is 0.0858. The van der Waals surface area contributed by atoms with Gasteiger partial charge in [0.05, 0.1) is 0 Å². The molecule has 116 valence electrons. The van der Waals surface area contributed by atoms with E-state index in [2.05, 4.69) is 49.2 Å². The number of carbonyl (C=O) groups is 1. The molecule has 0 radical (unpaired) electrons. The first-order chi connectivity index (χ1) is 10.1. The summed E-state index contributed by atoms with van der Waals surface area (Å²) < 4.78 is 0. The van der Waals surface area contributed by atoms with Gasteiger partial charge in [-0.3, -0.25) is 4.90 Å². The van der Waals surface area contributed by atoms with Crippen LogP contribution in [0.3, 0.4) is 0 Å². The van der Waals surface area contributed by atoms with Gasteiger partial charge in [-0.05, 0) is 37.0 Å². The van der Waals surface area contributed by atoms with Crippen molar-refractivity contribution in [1.82, 2.24) is 15.1 Å². The zero-order chi connectivity index (χ0) is 15.2. The number of nitrogens with zero attached hydrogens (tertiary/aromatic N) is 2. The Morgan fingerprint density at radius 1 is 1.14 bits per heavy atom. The Labute approximate surface area is 128 Å². The van der Waals surface area contributed by atoms with Crippen molar-refractivity contribution >= 4 is 6.03 Å². The van der Waals surface area contributed by atoms with Crippen molar-refractivity contribution in [2.24, 2.45) is 0 Å². The fourth-order valence-electron chi connectivity index (χ4n) is 2.61. The SMILES string of the molecule is CCCNC(=O)N1CCN(Cc2ccc(C)c(C)c2)CC1. The second-order valence-electron chi connectivity index (χ2n) is 5.91. The predicted molar refractivity (Wildman–Crippen MR) is 86.5 cm³/mol. The predicted octanol–water partition coefficient (Wildman–Crippen LogP) is 2.54. The van der Waals surface area contributed by atoms with Crippen molar-refractivity contribution in [3.63, 3.8) is 0 Å². The topological polar surface area (TPSA) is 35.6 Å². The molecule has 1 fully saturated rings. The van der Waals surface area contributed by atoms with Gasteiger partial charge in [-0.1, -0.05) is 25.1 Å². The fourth-order valence-corrected chi connectivity index (χ4v) is 2.61. The summed E-state index contributed by atoms with van der Waals surface area (Å²) in [5.74, 6) is 0. The molecule has 1 aromatic carbocycles. The number of benzene rings is 1. The normalized spacial score (nSPS) is 16.0. The Hall–Kier alpha value is -1.55. The van der Waals surface area contributed by atoms with Crippen LogP contribution < -0.4 is 5.32 Å². The summed E-state index contributed by atoms with van der Waals surface area (Å²) in [6.45, 7) is 11.7. The molecule has 2 rings (SSSR count). The third kappa shape index (κ3) is 4.46. The number of nitrogens with one attached hydrogen (secondary N) is 1. The number of hydrogen-bond donors (Lipinski definition) is 1. The molecule has 0 bridgehead atoms. The Morgan fingerprint density at radius 2 is 1.86 bits per heavy atom. The average Bonchev–Trinajstić information content (AvgIpc) is 2.49. The van der Waals surface area contributed by atoms with Gasteiger partial charge in [-0.15, -0.1) is 0 Å². The molecule has 1 aromatic rings. The van der Waals surface area contributed by atoms with E-state index in [0.717, 1.165) is 45.7 Å². The van der Waals surface area contributed by atoms with Crippen LogP contribution in [0.25, 0.3) is 0 Å². The van der Waals surface area contributed by atoms with E-state index < -0.39 is 0 Å². The van der Waals surface area contributed by atoms with Crippen molar-refractivity contribution in [3.8, 4) is 0 Å². The fraction of sp³-hybridized carbons (Fsp3) is 0.588. The van der Waals surface area contributed by atoms with Gasteiger partial charge in [0, 0.05) is 39.3 Å². The minimum absolute atomic E-state index is 0.0858. The molecule has 0 aromatic heterocycles. The molecular weight excluding hydrogens is 262 g/mol. The van der Waals surface area contributed by atoms with Crippen molar-refractivity contribution in [2.45, 2.75) is 33.7 Å². The van der Waals surface area contributed by atoms with Gasteiger partial charge < -0.3 is 10.2 Å². The zero-order valence-electron chi connectivity index (χ0n) is 13.5. The summed E-state index contributed by atoms with van der Waals surface area (Å²) in [5.41, 5.74) is 4.06. The highest BCUT2D eigenvalue weighted by Crippen LogP contribution is 2.13. The minimum Gasteiger partial charge on any atom is -0.338 e. The number of piperazine rings is 1. The smallest absolute Gasteiger partial charge is 0.317 e. The zero-order valence-corrected chi connectivity index (χ0v) is 13.5. The van der Waals surface area contributed by atoms with Crippen molar-refractivity contribution in [1.29, 1.82) is 0 Å². The summed E-state index contributed by atoms with van der Waals surface area (Å²) in [7, 11) is 0. The van der Waals surface area contributed by atoms with Crippen LogP contribution >= 0.6 is 0 Å². The molecule has 1 saturated heterocycles. The van der Waals surface area contributed by atoms with Gasteiger partial charge in [0.1, 0.15) is 0 Å². The van der Waals surface area contributed by atoms with Crippen LogP contribution in [0.4, 0.5) is 4.79 Å². The van der Waals surface area contributed by atoms with Crippen LogP contribution in [0.1, 0.15) is 30.0 Å². The lowest BCUT2D eigenvalue weighted by atomic mass is 10.1. The number of carbonyl (C=O) groups excluding carboxylic acids is 1. The summed E-state index contributed by atoms with van der Waals surface area (Å²) in [6.07, 6.45) is 0.985. The van der Waals surface area contributed by atoms with Crippen LogP contribution in [-0.2, 0) is 6.54 Å². The maximum absolute atomic E-state index is 11.9. The van der Waals surface area contributed by atoms with E-state index >= 15 is 0 Å². The first-order valence-electron chi connectivity index (χ1n) is 7.91. The molecule has 0 aliphatic carbocycles. The van der Waals surface area contributed by atoms with Crippen molar-refractivity contribution < 1.29 is 4.79 Å². The van der Waals surface area contributed by atoms with Gasteiger partial charge in [-0.25, -0.2) is 4.79 Å². The molecule has 2 amide bonds. The first kappa shape index (κ1) is 15.8. The summed E-state index contributed by atoms with van der Waals surface area (Å²) >= 11 is 0. The lowest BCUT2D eigenvalue weighted by molar-refractivity contribution is 0.135. The van der Waals surface area contributed by atoms with Crippen LogP contribution in [0.2, 0.25) is 0 Å². The Balaban J connectivity index is 1.81. The van der Waals surface area contributed by atoms with E-state index in [1.165, 1.54) is 16.7 Å². The molecule has 4 heteroatoms. The van der Waals surface area contributed by atoms with Gasteiger partial charge in [0.15, 0.2) is 0 Å². The second-order valence-corrected chi connectivity index (χ2v) is 5.91. The van der Waals surface area contributed by atoms with Crippen LogP contribution in [-0.4, -0.2) is 48.6 Å². The Kier molecular flexibility index (Phi) is 5.62. The lowest BCUT2D eigenvalue weighted by Crippen LogP contribution is -2.51. The first-order valence-corrected chi connectivity index (χ1v) is 7.91. The van der Waals surface area contributed by atoms with E-state index in [-0.39, 0.29) is 6.03 Å². The molecule has 21 heavy (non-hydrogen) atoms. The van der Waals surface area contributed by atoms with E-state index in [1.807, 2.05) is 4.90 Å². The van der Waals surface area contributed by atoms with Crippen molar-refractivity contribution in [3.05, 3.63) is 34.9 Å². The number of hydrogen-bond acceptors (Lipinski definition) is 2. The summed E-state index contributed by atoms with van der Waals surface area (Å²) in [4.78, 5) is 16.2. The molecule has 1 N–H and O–H groups in total. The Bertz CT molecular complexity index is 479. The molecule has 0 unspecified atom stereocenters. The molecule has 0 atom stereocenters. The summed E-state index contributed by atoms with van der Waals surface area (Å²) in [5, 5.41) is 2.95. The standard InChI is InChI=1S/C17H27N3O/c1-4-7-18-17(21)20-10-8-19(9-11-20)13-16-6-5-14(2)15(3)12-16/h5-6,12H,4,7-11,13H2,1-3H3,(H,18,21). The molecule has 0 spiro atoms. The van der Waals surface area contributed by atoms with E-state index in [9.17, 15) is 4.79 Å². The third-order valence-corrected chi connectivity index (χ3v) is 4.16. The highest BCUT2D eigenvalue weighted by atomic mass is 16.2. The molecule has 4 nitrogen and oxygen atoms in total. The van der Waals surface area contributed by atoms with E-state index in [4.69, 9.17) is 0 Å². The van der Waals surface area contributed by atoms with Gasteiger partial charge >= 0.3 is 6.03 Å². The molecule has 1 aliphatic heterocycles. The van der Waals surface area contributed by atoms with Gasteiger partial charge in [0.25, 0.3) is 0 Å². The third-order valence-electron chi connectivity index (χ3n) is 4.16. The maximum atomic E-state index is 11.9. The molecule has 1 heterocycles. The molecule has 1 aliphatic rings. The largest absolute Gasteiger partial charge is 0.338 e. The monoisotopic (exact) mass is 289 g/mol. The number of amides is 2. The van der Waals surface area contributed by atoms with Crippen molar-refractivity contribution in [2.75, 3.05) is 32.7 Å². The number of aryl methyl sites for hydroxylation is 2. The number of rotatable bonds is 4. The summed E-state index contributed by atoms with van der Waals surface area (Å²) in [6, 6.07) is 6.76. The number of urea groups is 1. The highest BCUT2D eigenvalue weighted by Gasteiger charge is 2.20.